The Labute approximate surface area is 215 Å². The molecule has 186 valence electrons. The van der Waals surface area contributed by atoms with Crippen LogP contribution in [-0.4, -0.2) is 33.3 Å². The number of aliphatic hydroxyl groups is 1. The van der Waals surface area contributed by atoms with Gasteiger partial charge in [-0.05, 0) is 55.0 Å². The summed E-state index contributed by atoms with van der Waals surface area (Å²) in [6, 6.07) is 18.1. The minimum Gasteiger partial charge on any atom is -0.477 e. The molecule has 1 fully saturated rings. The van der Waals surface area contributed by atoms with Crippen molar-refractivity contribution in [2.24, 2.45) is 0 Å². The van der Waals surface area contributed by atoms with E-state index >= 15 is 0 Å². The van der Waals surface area contributed by atoms with Crippen molar-refractivity contribution in [2.75, 3.05) is 18.5 Å². The molecule has 4 aromatic rings. The molecule has 0 unspecified atom stereocenters. The first-order chi connectivity index (χ1) is 17.6. The highest BCUT2D eigenvalue weighted by Crippen LogP contribution is 2.44. The summed E-state index contributed by atoms with van der Waals surface area (Å²) in [5.41, 5.74) is 3.46. The molecule has 2 heterocycles. The van der Waals surface area contributed by atoms with Gasteiger partial charge in [0.1, 0.15) is 10.6 Å². The number of ether oxygens (including phenoxy) is 2. The van der Waals surface area contributed by atoms with E-state index in [4.69, 9.17) is 9.47 Å². The molecule has 1 saturated carbocycles. The van der Waals surface area contributed by atoms with E-state index < -0.39 is 5.60 Å². The zero-order chi connectivity index (χ0) is 24.8. The summed E-state index contributed by atoms with van der Waals surface area (Å²) in [5.74, 6) is 0.988. The van der Waals surface area contributed by atoms with Crippen LogP contribution in [0.3, 0.4) is 0 Å². The van der Waals surface area contributed by atoms with Crippen LogP contribution in [0.15, 0.2) is 67.0 Å². The number of rotatable bonds is 11. The maximum absolute atomic E-state index is 10.6. The quantitative estimate of drug-likeness (QED) is 0.243. The normalized spacial score (nSPS) is 14.3. The van der Waals surface area contributed by atoms with E-state index in [1.165, 1.54) is 0 Å². The fraction of sp³-hybridized carbons (Fsp3) is 0.321. The van der Waals surface area contributed by atoms with Gasteiger partial charge in [0.05, 0.1) is 24.7 Å². The summed E-state index contributed by atoms with van der Waals surface area (Å²) in [6.07, 6.45) is 6.93. The van der Waals surface area contributed by atoms with Crippen molar-refractivity contribution in [3.05, 3.63) is 83.1 Å². The molecule has 0 aliphatic heterocycles. The molecule has 0 radical (unpaired) electrons. The summed E-state index contributed by atoms with van der Waals surface area (Å²) < 4.78 is 11.5. The van der Waals surface area contributed by atoms with Crippen molar-refractivity contribution in [3.63, 3.8) is 0 Å². The molecule has 7 nitrogen and oxygen atoms in total. The van der Waals surface area contributed by atoms with Crippen molar-refractivity contribution in [3.8, 4) is 16.3 Å². The lowest BCUT2D eigenvalue weighted by atomic mass is 9.81. The second-order valence-electron chi connectivity index (χ2n) is 9.09. The smallest absolute Gasteiger partial charge is 0.230 e. The second-order valence-corrected chi connectivity index (χ2v) is 10.1. The number of anilines is 2. The van der Waals surface area contributed by atoms with Crippen molar-refractivity contribution >= 4 is 23.0 Å². The third-order valence-corrected chi connectivity index (χ3v) is 7.37. The first-order valence-corrected chi connectivity index (χ1v) is 13.0. The standard InChI is InChI=1S/C28H30N4O3S/c1-20-15-22(24-18-30-26(36-24)28(33)10-5-11-28)17-23(16-20)31-27-29-12-9-25(32-27)35-14-6-13-34-19-21-7-3-2-4-8-21/h2-4,7-9,12,15-18,33H,5-6,10-11,13-14,19H2,1H3,(H,29,31,32). The molecule has 36 heavy (non-hydrogen) atoms. The Bertz CT molecular complexity index is 1290. The Hall–Kier alpha value is -3.33. The van der Waals surface area contributed by atoms with Gasteiger partial charge in [-0.1, -0.05) is 36.4 Å². The predicted molar refractivity (Wildman–Crippen MR) is 142 cm³/mol. The molecule has 2 aromatic heterocycles. The molecule has 2 aromatic carbocycles. The fourth-order valence-corrected chi connectivity index (χ4v) is 5.11. The average Bonchev–Trinajstić information content (AvgIpc) is 3.36. The van der Waals surface area contributed by atoms with Crippen molar-refractivity contribution in [1.82, 2.24) is 15.0 Å². The van der Waals surface area contributed by atoms with E-state index in [0.717, 1.165) is 57.9 Å². The van der Waals surface area contributed by atoms with Gasteiger partial charge in [-0.2, -0.15) is 4.98 Å². The van der Waals surface area contributed by atoms with Crippen LogP contribution in [0.5, 0.6) is 5.88 Å². The maximum atomic E-state index is 10.6. The van der Waals surface area contributed by atoms with E-state index in [1.54, 1.807) is 23.6 Å². The Kier molecular flexibility index (Phi) is 7.55. The second kappa shape index (κ2) is 11.2. The molecular weight excluding hydrogens is 472 g/mol. The Balaban J connectivity index is 1.16. The number of aromatic nitrogens is 3. The predicted octanol–water partition coefficient (Wildman–Crippen LogP) is 6.01. The zero-order valence-electron chi connectivity index (χ0n) is 20.3. The van der Waals surface area contributed by atoms with Crippen LogP contribution in [0.4, 0.5) is 11.6 Å². The number of hydrogen-bond donors (Lipinski definition) is 2. The molecule has 5 rings (SSSR count). The van der Waals surface area contributed by atoms with Gasteiger partial charge in [-0.25, -0.2) is 9.97 Å². The largest absolute Gasteiger partial charge is 0.477 e. The highest BCUT2D eigenvalue weighted by molar-refractivity contribution is 7.15. The summed E-state index contributed by atoms with van der Waals surface area (Å²) >= 11 is 1.56. The molecule has 0 amide bonds. The fourth-order valence-electron chi connectivity index (χ4n) is 4.06. The monoisotopic (exact) mass is 502 g/mol. The van der Waals surface area contributed by atoms with Crippen LogP contribution < -0.4 is 10.1 Å². The van der Waals surface area contributed by atoms with Crippen LogP contribution in [0, 0.1) is 6.92 Å². The lowest BCUT2D eigenvalue weighted by Crippen LogP contribution is -2.33. The number of aryl methyl sites for hydroxylation is 1. The van der Waals surface area contributed by atoms with Gasteiger partial charge in [-0.3, -0.25) is 0 Å². The topological polar surface area (TPSA) is 89.4 Å². The Morgan fingerprint density at radius 1 is 1.06 bits per heavy atom. The molecule has 0 bridgehead atoms. The van der Waals surface area contributed by atoms with Gasteiger partial charge in [0, 0.05) is 30.6 Å². The Morgan fingerprint density at radius 3 is 2.72 bits per heavy atom. The molecule has 1 aliphatic rings. The SMILES string of the molecule is Cc1cc(Nc2nccc(OCCCOCc3ccccc3)n2)cc(-c2cnc(C3(O)CCC3)s2)c1. The summed E-state index contributed by atoms with van der Waals surface area (Å²) in [4.78, 5) is 14.4. The Morgan fingerprint density at radius 2 is 1.92 bits per heavy atom. The van der Waals surface area contributed by atoms with E-state index in [1.807, 2.05) is 30.5 Å². The number of hydrogen-bond acceptors (Lipinski definition) is 8. The lowest BCUT2D eigenvalue weighted by molar-refractivity contribution is -0.0389. The third-order valence-electron chi connectivity index (χ3n) is 6.13. The van der Waals surface area contributed by atoms with Crippen LogP contribution in [0.2, 0.25) is 0 Å². The number of thiazole rings is 1. The van der Waals surface area contributed by atoms with Crippen LogP contribution >= 0.6 is 11.3 Å². The van der Waals surface area contributed by atoms with Crippen molar-refractivity contribution in [2.45, 2.75) is 44.8 Å². The lowest BCUT2D eigenvalue weighted by Gasteiger charge is -2.34. The zero-order valence-corrected chi connectivity index (χ0v) is 21.1. The molecule has 0 spiro atoms. The summed E-state index contributed by atoms with van der Waals surface area (Å²) in [6.45, 7) is 3.79. The number of benzene rings is 2. The molecule has 0 saturated heterocycles. The molecule has 2 N–H and O–H groups in total. The molecule has 1 aliphatic carbocycles. The van der Waals surface area contributed by atoms with E-state index in [9.17, 15) is 5.11 Å². The molecule has 8 heteroatoms. The summed E-state index contributed by atoms with van der Waals surface area (Å²) in [7, 11) is 0. The van der Waals surface area contributed by atoms with E-state index in [2.05, 4.69) is 51.5 Å². The van der Waals surface area contributed by atoms with Gasteiger partial charge >= 0.3 is 0 Å². The highest BCUT2D eigenvalue weighted by atomic mass is 32.1. The first-order valence-electron chi connectivity index (χ1n) is 12.2. The van der Waals surface area contributed by atoms with Gasteiger partial charge in [0.2, 0.25) is 11.8 Å². The van der Waals surface area contributed by atoms with Gasteiger partial charge in [-0.15, -0.1) is 11.3 Å². The minimum atomic E-state index is -0.740. The van der Waals surface area contributed by atoms with Crippen molar-refractivity contribution < 1.29 is 14.6 Å². The number of nitrogens with one attached hydrogen (secondary N) is 1. The van der Waals surface area contributed by atoms with E-state index in [0.29, 0.717) is 31.6 Å². The molecular formula is C28H30N4O3S. The highest BCUT2D eigenvalue weighted by Gasteiger charge is 2.39. The van der Waals surface area contributed by atoms with E-state index in [-0.39, 0.29) is 0 Å². The van der Waals surface area contributed by atoms with Gasteiger partial charge in [0.25, 0.3) is 0 Å². The van der Waals surface area contributed by atoms with Gasteiger partial charge in [0.15, 0.2) is 0 Å². The van der Waals surface area contributed by atoms with Crippen LogP contribution in [-0.2, 0) is 16.9 Å². The first kappa shape index (κ1) is 24.4. The minimum absolute atomic E-state index is 0.471. The van der Waals surface area contributed by atoms with Crippen molar-refractivity contribution in [1.29, 1.82) is 0 Å². The molecule has 0 atom stereocenters. The van der Waals surface area contributed by atoms with Gasteiger partial charge < -0.3 is 19.9 Å². The maximum Gasteiger partial charge on any atom is 0.230 e. The van der Waals surface area contributed by atoms with Crippen LogP contribution in [0.1, 0.15) is 41.8 Å². The average molecular weight is 503 g/mol. The third kappa shape index (κ3) is 6.07. The van der Waals surface area contributed by atoms with Crippen LogP contribution in [0.25, 0.3) is 10.4 Å². The summed E-state index contributed by atoms with van der Waals surface area (Å²) in [5, 5.41) is 14.7. The number of nitrogens with zero attached hydrogens (tertiary/aromatic N) is 3.